The number of ether oxygens (including phenoxy) is 1. The molecule has 1 aliphatic heterocycles. The van der Waals surface area contributed by atoms with Crippen LogP contribution in [0.15, 0.2) is 0 Å². The van der Waals surface area contributed by atoms with E-state index < -0.39 is 31.1 Å². The highest BCUT2D eigenvalue weighted by Crippen LogP contribution is 2.19. The Kier molecular flexibility index (Phi) is 5.75. The van der Waals surface area contributed by atoms with Crippen LogP contribution in [0.4, 0.5) is 0 Å². The number of sulfonamides is 1. The van der Waals surface area contributed by atoms with E-state index in [1.54, 1.807) is 0 Å². The number of carbonyl (C=O) groups is 1. The van der Waals surface area contributed by atoms with Crippen LogP contribution in [0.2, 0.25) is 0 Å². The molecule has 1 heterocycles. The van der Waals surface area contributed by atoms with Crippen LogP contribution in [0.1, 0.15) is 25.7 Å². The van der Waals surface area contributed by atoms with Gasteiger partial charge < -0.3 is 4.74 Å². The molecule has 9 heteroatoms. The lowest BCUT2D eigenvalue weighted by Crippen LogP contribution is -2.36. The summed E-state index contributed by atoms with van der Waals surface area (Å²) in [5.74, 6) is -0.551. The molecule has 1 rings (SSSR count). The number of methoxy groups -OCH3 is 1. The van der Waals surface area contributed by atoms with E-state index >= 15 is 0 Å². The average molecular weight is 313 g/mol. The van der Waals surface area contributed by atoms with Gasteiger partial charge in [0.1, 0.15) is 0 Å². The molecule has 1 fully saturated rings. The summed E-state index contributed by atoms with van der Waals surface area (Å²) in [6, 6.07) is 0. The van der Waals surface area contributed by atoms with E-state index in [-0.39, 0.29) is 30.9 Å². The summed E-state index contributed by atoms with van der Waals surface area (Å²) >= 11 is 0. The molecule has 0 saturated carbocycles. The molecule has 1 saturated heterocycles. The van der Waals surface area contributed by atoms with Crippen molar-refractivity contribution < 1.29 is 26.4 Å². The van der Waals surface area contributed by atoms with E-state index in [0.717, 1.165) is 0 Å². The second-order valence-corrected chi connectivity index (χ2v) is 8.81. The van der Waals surface area contributed by atoms with Crippen molar-refractivity contribution >= 4 is 25.8 Å². The minimum atomic E-state index is -3.55. The van der Waals surface area contributed by atoms with E-state index in [1.807, 2.05) is 0 Å². The topological polar surface area (TPSA) is 107 Å². The SMILES string of the molecule is COC(=O)CCCS(=O)(=O)NCC1CCCS1(=O)=O. The molecule has 0 aromatic heterocycles. The minimum Gasteiger partial charge on any atom is -0.469 e. The van der Waals surface area contributed by atoms with Crippen LogP contribution in [-0.2, 0) is 29.4 Å². The molecular weight excluding hydrogens is 294 g/mol. The number of hydrogen-bond acceptors (Lipinski definition) is 6. The van der Waals surface area contributed by atoms with Gasteiger partial charge in [0.2, 0.25) is 10.0 Å². The van der Waals surface area contributed by atoms with E-state index in [2.05, 4.69) is 9.46 Å². The number of nitrogens with one attached hydrogen (secondary N) is 1. The van der Waals surface area contributed by atoms with Crippen molar-refractivity contribution in [3.63, 3.8) is 0 Å². The van der Waals surface area contributed by atoms with Crippen molar-refractivity contribution in [2.45, 2.75) is 30.9 Å². The van der Waals surface area contributed by atoms with Gasteiger partial charge in [-0.15, -0.1) is 0 Å². The van der Waals surface area contributed by atoms with Crippen LogP contribution in [0.3, 0.4) is 0 Å². The average Bonchev–Trinajstić information content (AvgIpc) is 2.65. The summed E-state index contributed by atoms with van der Waals surface area (Å²) in [5, 5.41) is -0.622. The Labute approximate surface area is 113 Å². The molecule has 1 N–H and O–H groups in total. The normalized spacial score (nSPS) is 22.3. The Morgan fingerprint density at radius 2 is 2.11 bits per heavy atom. The van der Waals surface area contributed by atoms with Crippen molar-refractivity contribution in [3.05, 3.63) is 0 Å². The Bertz CT molecular complexity index is 510. The quantitative estimate of drug-likeness (QED) is 0.631. The van der Waals surface area contributed by atoms with Gasteiger partial charge >= 0.3 is 5.97 Å². The first kappa shape index (κ1) is 16.4. The first-order valence-electron chi connectivity index (χ1n) is 6.02. The minimum absolute atomic E-state index is 0.0269. The van der Waals surface area contributed by atoms with Crippen molar-refractivity contribution in [1.82, 2.24) is 4.72 Å². The Morgan fingerprint density at radius 1 is 1.42 bits per heavy atom. The zero-order chi connectivity index (χ0) is 14.5. The largest absolute Gasteiger partial charge is 0.469 e. The maximum atomic E-state index is 11.6. The fraction of sp³-hybridized carbons (Fsp3) is 0.900. The van der Waals surface area contributed by atoms with Gasteiger partial charge in [0.15, 0.2) is 9.84 Å². The van der Waals surface area contributed by atoms with Crippen LogP contribution in [0.25, 0.3) is 0 Å². The molecule has 0 amide bonds. The standard InChI is InChI=1S/C10H19NO6S2/c1-17-10(12)5-3-7-19(15,16)11-8-9-4-2-6-18(9,13)14/h9,11H,2-8H2,1H3. The highest BCUT2D eigenvalue weighted by atomic mass is 32.2. The maximum Gasteiger partial charge on any atom is 0.305 e. The molecule has 1 aliphatic rings. The Hall–Kier alpha value is -0.670. The monoisotopic (exact) mass is 313 g/mol. The third-order valence-corrected chi connectivity index (χ3v) is 6.72. The molecule has 0 aromatic carbocycles. The van der Waals surface area contributed by atoms with Gasteiger partial charge in [-0.3, -0.25) is 4.79 Å². The van der Waals surface area contributed by atoms with Gasteiger partial charge in [0, 0.05) is 13.0 Å². The van der Waals surface area contributed by atoms with Crippen LogP contribution in [-0.4, -0.2) is 53.2 Å². The lowest BCUT2D eigenvalue weighted by Gasteiger charge is -2.11. The first-order chi connectivity index (χ1) is 8.77. The Morgan fingerprint density at radius 3 is 2.63 bits per heavy atom. The molecule has 0 aromatic rings. The van der Waals surface area contributed by atoms with E-state index in [0.29, 0.717) is 12.8 Å². The van der Waals surface area contributed by atoms with Crippen LogP contribution in [0, 0.1) is 0 Å². The third kappa shape index (κ3) is 5.45. The smallest absolute Gasteiger partial charge is 0.305 e. The highest BCUT2D eigenvalue weighted by Gasteiger charge is 2.31. The van der Waals surface area contributed by atoms with Gasteiger partial charge in [-0.1, -0.05) is 0 Å². The molecule has 0 spiro atoms. The third-order valence-electron chi connectivity index (χ3n) is 3.02. The summed E-state index contributed by atoms with van der Waals surface area (Å²) < 4.78 is 53.0. The van der Waals surface area contributed by atoms with Crippen molar-refractivity contribution in [2.75, 3.05) is 25.2 Å². The van der Waals surface area contributed by atoms with Crippen molar-refractivity contribution in [2.24, 2.45) is 0 Å². The van der Waals surface area contributed by atoms with Gasteiger partial charge in [-0.05, 0) is 19.3 Å². The second kappa shape index (κ2) is 6.67. The van der Waals surface area contributed by atoms with Gasteiger partial charge in [-0.25, -0.2) is 21.6 Å². The zero-order valence-electron chi connectivity index (χ0n) is 10.8. The summed E-state index contributed by atoms with van der Waals surface area (Å²) in [7, 11) is -5.46. The molecule has 1 unspecified atom stereocenters. The zero-order valence-corrected chi connectivity index (χ0v) is 12.4. The Balaban J connectivity index is 2.37. The summed E-state index contributed by atoms with van der Waals surface area (Å²) in [4.78, 5) is 10.8. The van der Waals surface area contributed by atoms with E-state index in [4.69, 9.17) is 0 Å². The lowest BCUT2D eigenvalue weighted by atomic mass is 10.2. The number of hydrogen-bond donors (Lipinski definition) is 1. The molecular formula is C10H19NO6S2. The number of rotatable bonds is 7. The number of sulfone groups is 1. The predicted molar refractivity (Wildman–Crippen MR) is 69.8 cm³/mol. The second-order valence-electron chi connectivity index (χ2n) is 4.48. The first-order valence-corrected chi connectivity index (χ1v) is 9.39. The molecule has 1 atom stereocenters. The fourth-order valence-electron chi connectivity index (χ4n) is 1.89. The van der Waals surface area contributed by atoms with Crippen molar-refractivity contribution in [1.29, 1.82) is 0 Å². The highest BCUT2D eigenvalue weighted by molar-refractivity contribution is 7.92. The molecule has 0 aliphatic carbocycles. The molecule has 7 nitrogen and oxygen atoms in total. The van der Waals surface area contributed by atoms with Crippen molar-refractivity contribution in [3.8, 4) is 0 Å². The van der Waals surface area contributed by atoms with Gasteiger partial charge in [-0.2, -0.15) is 0 Å². The summed E-state index contributed by atoms with van der Waals surface area (Å²) in [6.07, 6.45) is 1.25. The number of esters is 1. The van der Waals surface area contributed by atoms with Gasteiger partial charge in [0.25, 0.3) is 0 Å². The molecule has 0 bridgehead atoms. The van der Waals surface area contributed by atoms with E-state index in [9.17, 15) is 21.6 Å². The van der Waals surface area contributed by atoms with Crippen LogP contribution >= 0.6 is 0 Å². The van der Waals surface area contributed by atoms with E-state index in [1.165, 1.54) is 7.11 Å². The maximum absolute atomic E-state index is 11.6. The summed E-state index contributed by atoms with van der Waals surface area (Å²) in [6.45, 7) is -0.0805. The molecule has 112 valence electrons. The molecule has 0 radical (unpaired) electrons. The number of carbonyl (C=O) groups excluding carboxylic acids is 1. The fourth-order valence-corrected chi connectivity index (χ4v) is 4.88. The summed E-state index contributed by atoms with van der Waals surface area (Å²) in [5.41, 5.74) is 0. The van der Waals surface area contributed by atoms with Gasteiger partial charge in [0.05, 0.1) is 23.9 Å². The predicted octanol–water partition coefficient (Wildman–Crippen LogP) is -0.564. The lowest BCUT2D eigenvalue weighted by molar-refractivity contribution is -0.140. The van der Waals surface area contributed by atoms with Crippen LogP contribution in [0.5, 0.6) is 0 Å². The molecule has 19 heavy (non-hydrogen) atoms. The van der Waals surface area contributed by atoms with Crippen LogP contribution < -0.4 is 4.72 Å².